The molecule has 0 amide bonds. The van der Waals surface area contributed by atoms with Crippen molar-refractivity contribution in [1.29, 1.82) is 0 Å². The van der Waals surface area contributed by atoms with E-state index >= 15 is 0 Å². The highest BCUT2D eigenvalue weighted by molar-refractivity contribution is 5.50. The molecular weight excluding hydrogens is 256 g/mol. The van der Waals surface area contributed by atoms with Gasteiger partial charge in [0.2, 0.25) is 0 Å². The average Bonchev–Trinajstić information content (AvgIpc) is 3.05. The fourth-order valence-electron chi connectivity index (χ4n) is 3.06. The Kier molecular flexibility index (Phi) is 2.56. The maximum atomic E-state index is 11.6. The summed E-state index contributed by atoms with van der Waals surface area (Å²) < 4.78 is 1.48. The minimum Gasteiger partial charge on any atom is -0.366 e. The van der Waals surface area contributed by atoms with Crippen LogP contribution in [0.2, 0.25) is 0 Å². The van der Waals surface area contributed by atoms with Crippen LogP contribution < -0.4 is 11.0 Å². The number of aromatic nitrogens is 4. The highest BCUT2D eigenvalue weighted by Gasteiger charge is 2.34. The van der Waals surface area contributed by atoms with Crippen molar-refractivity contribution in [2.24, 2.45) is 0 Å². The van der Waals surface area contributed by atoms with Crippen LogP contribution in [-0.2, 0) is 0 Å². The first-order valence-corrected chi connectivity index (χ1v) is 7.16. The quantitative estimate of drug-likeness (QED) is 0.845. The van der Waals surface area contributed by atoms with Crippen molar-refractivity contribution in [3.05, 3.63) is 22.4 Å². The molecule has 0 radical (unpaired) electrons. The van der Waals surface area contributed by atoms with Crippen molar-refractivity contribution in [3.8, 4) is 0 Å². The average molecular weight is 274 g/mol. The molecule has 2 N–H and O–H groups in total. The Balaban J connectivity index is 1.55. The van der Waals surface area contributed by atoms with Gasteiger partial charge in [-0.25, -0.2) is 19.3 Å². The minimum absolute atomic E-state index is 0.239. The number of H-pyrrole nitrogens is 1. The Labute approximate surface area is 116 Å². The Morgan fingerprint density at radius 3 is 3.05 bits per heavy atom. The van der Waals surface area contributed by atoms with Crippen LogP contribution in [0.1, 0.15) is 25.1 Å². The summed E-state index contributed by atoms with van der Waals surface area (Å²) in [7, 11) is 0. The van der Waals surface area contributed by atoms with E-state index in [0.29, 0.717) is 17.5 Å². The first kappa shape index (κ1) is 11.9. The molecule has 1 unspecified atom stereocenters. The highest BCUT2D eigenvalue weighted by atomic mass is 16.1. The van der Waals surface area contributed by atoms with Crippen LogP contribution in [0.4, 0.5) is 5.82 Å². The van der Waals surface area contributed by atoms with Crippen molar-refractivity contribution in [2.75, 3.05) is 18.4 Å². The van der Waals surface area contributed by atoms with E-state index in [4.69, 9.17) is 0 Å². The normalized spacial score (nSPS) is 23.6. The molecule has 0 aromatic carbocycles. The first-order chi connectivity index (χ1) is 9.70. The summed E-state index contributed by atoms with van der Waals surface area (Å²) in [6.45, 7) is 4.08. The zero-order valence-corrected chi connectivity index (χ0v) is 11.5. The molecule has 20 heavy (non-hydrogen) atoms. The number of aromatic amines is 1. The van der Waals surface area contributed by atoms with E-state index < -0.39 is 0 Å². The lowest BCUT2D eigenvalue weighted by Crippen LogP contribution is -2.28. The SMILES string of the molecule is Cc1nc(NC2CCN(C3CC3)C2)cc2n[nH]c(=O)n12. The number of hydrogen-bond donors (Lipinski definition) is 2. The molecule has 2 aliphatic rings. The Hall–Kier alpha value is -1.89. The van der Waals surface area contributed by atoms with Crippen LogP contribution >= 0.6 is 0 Å². The van der Waals surface area contributed by atoms with Crippen LogP contribution in [0.5, 0.6) is 0 Å². The summed E-state index contributed by atoms with van der Waals surface area (Å²) in [6.07, 6.45) is 3.86. The standard InChI is InChI=1S/C13H18N6O/c1-8-14-11(6-12-16-17-13(20)19(8)12)15-9-4-5-18(7-9)10-2-3-10/h6,9-10,15H,2-5,7H2,1H3,(H,17,20). The molecule has 4 rings (SSSR count). The molecule has 2 fully saturated rings. The second-order valence-corrected chi connectivity index (χ2v) is 5.77. The van der Waals surface area contributed by atoms with Gasteiger partial charge >= 0.3 is 5.69 Å². The predicted molar refractivity (Wildman–Crippen MR) is 75.0 cm³/mol. The van der Waals surface area contributed by atoms with E-state index in [-0.39, 0.29) is 5.69 Å². The smallest absolute Gasteiger partial charge is 0.349 e. The van der Waals surface area contributed by atoms with E-state index in [2.05, 4.69) is 25.4 Å². The molecule has 1 aliphatic carbocycles. The number of aryl methyl sites for hydroxylation is 1. The summed E-state index contributed by atoms with van der Waals surface area (Å²) in [5.74, 6) is 1.46. The lowest BCUT2D eigenvalue weighted by molar-refractivity contribution is 0.326. The Morgan fingerprint density at radius 1 is 1.40 bits per heavy atom. The van der Waals surface area contributed by atoms with Gasteiger partial charge in [-0.1, -0.05) is 0 Å². The van der Waals surface area contributed by atoms with Crippen molar-refractivity contribution in [3.63, 3.8) is 0 Å². The van der Waals surface area contributed by atoms with Crippen molar-refractivity contribution in [1.82, 2.24) is 24.5 Å². The molecule has 2 aromatic heterocycles. The summed E-state index contributed by atoms with van der Waals surface area (Å²) in [4.78, 5) is 18.6. The lowest BCUT2D eigenvalue weighted by atomic mass is 10.2. The van der Waals surface area contributed by atoms with Gasteiger partial charge in [-0.15, -0.1) is 0 Å². The molecule has 7 heteroatoms. The Bertz CT molecular complexity index is 700. The number of likely N-dealkylation sites (tertiary alicyclic amines) is 1. The number of nitrogens with one attached hydrogen (secondary N) is 2. The summed E-state index contributed by atoms with van der Waals surface area (Å²) in [5, 5.41) is 9.93. The zero-order valence-electron chi connectivity index (χ0n) is 11.5. The number of fused-ring (bicyclic) bond motifs is 1. The maximum Gasteiger partial charge on any atom is 0.349 e. The van der Waals surface area contributed by atoms with Gasteiger partial charge in [0.1, 0.15) is 11.6 Å². The summed E-state index contributed by atoms with van der Waals surface area (Å²) in [6, 6.07) is 3.09. The second-order valence-electron chi connectivity index (χ2n) is 5.77. The largest absolute Gasteiger partial charge is 0.366 e. The monoisotopic (exact) mass is 274 g/mol. The lowest BCUT2D eigenvalue weighted by Gasteiger charge is -2.16. The number of hydrogen-bond acceptors (Lipinski definition) is 5. The number of anilines is 1. The van der Waals surface area contributed by atoms with Gasteiger partial charge in [0, 0.05) is 31.2 Å². The fraction of sp³-hybridized carbons (Fsp3) is 0.615. The molecule has 1 saturated carbocycles. The van der Waals surface area contributed by atoms with E-state index in [9.17, 15) is 4.79 Å². The predicted octanol–water partition coefficient (Wildman–Crippen LogP) is 0.375. The van der Waals surface area contributed by atoms with Crippen LogP contribution in [0.25, 0.3) is 5.65 Å². The Morgan fingerprint density at radius 2 is 2.25 bits per heavy atom. The summed E-state index contributed by atoms with van der Waals surface area (Å²) >= 11 is 0. The third-order valence-electron chi connectivity index (χ3n) is 4.20. The van der Waals surface area contributed by atoms with Gasteiger partial charge in [-0.3, -0.25) is 4.90 Å². The second kappa shape index (κ2) is 4.31. The van der Waals surface area contributed by atoms with Crippen LogP contribution in [-0.4, -0.2) is 49.7 Å². The van der Waals surface area contributed by atoms with Gasteiger partial charge in [0.25, 0.3) is 0 Å². The number of nitrogens with zero attached hydrogens (tertiary/aromatic N) is 4. The summed E-state index contributed by atoms with van der Waals surface area (Å²) in [5.41, 5.74) is 0.374. The molecule has 106 valence electrons. The van der Waals surface area contributed by atoms with E-state index in [0.717, 1.165) is 24.8 Å². The minimum atomic E-state index is -0.239. The van der Waals surface area contributed by atoms with Gasteiger partial charge in [-0.2, -0.15) is 5.10 Å². The van der Waals surface area contributed by atoms with Gasteiger partial charge < -0.3 is 5.32 Å². The van der Waals surface area contributed by atoms with Gasteiger partial charge in [-0.05, 0) is 26.2 Å². The van der Waals surface area contributed by atoms with E-state index in [1.807, 2.05) is 13.0 Å². The molecule has 1 atom stereocenters. The zero-order chi connectivity index (χ0) is 13.7. The van der Waals surface area contributed by atoms with Gasteiger partial charge in [0.15, 0.2) is 5.65 Å². The van der Waals surface area contributed by atoms with Crippen molar-refractivity contribution in [2.45, 2.75) is 38.3 Å². The molecule has 1 saturated heterocycles. The van der Waals surface area contributed by atoms with Crippen molar-refractivity contribution < 1.29 is 0 Å². The third-order valence-corrected chi connectivity index (χ3v) is 4.20. The first-order valence-electron chi connectivity index (χ1n) is 7.16. The van der Waals surface area contributed by atoms with Crippen molar-refractivity contribution >= 4 is 11.5 Å². The molecule has 2 aromatic rings. The fourth-order valence-corrected chi connectivity index (χ4v) is 3.06. The third kappa shape index (κ3) is 1.98. The molecular formula is C13H18N6O. The maximum absolute atomic E-state index is 11.6. The molecule has 7 nitrogen and oxygen atoms in total. The topological polar surface area (TPSA) is 78.3 Å². The highest BCUT2D eigenvalue weighted by Crippen LogP contribution is 2.30. The van der Waals surface area contributed by atoms with E-state index in [1.165, 1.54) is 23.8 Å². The van der Waals surface area contributed by atoms with Crippen LogP contribution in [0, 0.1) is 6.92 Å². The molecule has 3 heterocycles. The number of rotatable bonds is 3. The molecule has 0 bridgehead atoms. The van der Waals surface area contributed by atoms with Crippen LogP contribution in [0.15, 0.2) is 10.9 Å². The van der Waals surface area contributed by atoms with Crippen LogP contribution in [0.3, 0.4) is 0 Å². The van der Waals surface area contributed by atoms with Gasteiger partial charge in [0.05, 0.1) is 0 Å². The van der Waals surface area contributed by atoms with E-state index in [1.54, 1.807) is 0 Å². The molecule has 1 aliphatic heterocycles. The molecule has 0 spiro atoms.